The van der Waals surface area contributed by atoms with Gasteiger partial charge in [0.2, 0.25) is 0 Å². The second-order valence-electron chi connectivity index (χ2n) is 5.50. The van der Waals surface area contributed by atoms with Gasteiger partial charge in [-0.15, -0.1) is 0 Å². The Labute approximate surface area is 147 Å². The Hall–Kier alpha value is -2.60. The van der Waals surface area contributed by atoms with E-state index < -0.39 is 0 Å². The van der Waals surface area contributed by atoms with Crippen LogP contribution in [0.2, 0.25) is 0 Å². The van der Waals surface area contributed by atoms with Crippen LogP contribution in [0.15, 0.2) is 42.5 Å². The number of thiocarbonyl (C=S) groups is 1. The van der Waals surface area contributed by atoms with Gasteiger partial charge in [0.05, 0.1) is 0 Å². The van der Waals surface area contributed by atoms with Crippen molar-refractivity contribution in [3.05, 3.63) is 59.2 Å². The number of anilines is 1. The lowest BCUT2D eigenvalue weighted by molar-refractivity contribution is -0.123. The highest BCUT2D eigenvalue weighted by Crippen LogP contribution is 2.16. The van der Waals surface area contributed by atoms with Gasteiger partial charge in [0.15, 0.2) is 11.7 Å². The maximum Gasteiger partial charge on any atom is 0.276 e. The van der Waals surface area contributed by atoms with E-state index in [9.17, 15) is 4.79 Å². The molecule has 0 heterocycles. The van der Waals surface area contributed by atoms with Gasteiger partial charge >= 0.3 is 0 Å². The van der Waals surface area contributed by atoms with E-state index >= 15 is 0 Å². The molecule has 2 rings (SSSR count). The van der Waals surface area contributed by atoms with Crippen molar-refractivity contribution in [1.82, 2.24) is 10.9 Å². The Morgan fingerprint density at radius 1 is 1.04 bits per heavy atom. The van der Waals surface area contributed by atoms with Gasteiger partial charge in [-0.1, -0.05) is 30.3 Å². The number of amides is 1. The average Bonchev–Trinajstić information content (AvgIpc) is 2.55. The molecule has 0 unspecified atom stereocenters. The van der Waals surface area contributed by atoms with E-state index in [1.807, 2.05) is 63.2 Å². The minimum absolute atomic E-state index is 0.0933. The van der Waals surface area contributed by atoms with E-state index in [4.69, 9.17) is 17.0 Å². The first-order chi connectivity index (χ1) is 11.5. The molecule has 0 saturated carbocycles. The van der Waals surface area contributed by atoms with E-state index in [0.29, 0.717) is 10.9 Å². The fourth-order valence-electron chi connectivity index (χ4n) is 2.05. The zero-order valence-corrected chi connectivity index (χ0v) is 14.8. The number of aryl methyl sites for hydroxylation is 3. The van der Waals surface area contributed by atoms with E-state index in [1.54, 1.807) is 0 Å². The Kier molecular flexibility index (Phi) is 6.14. The molecule has 2 aromatic rings. The van der Waals surface area contributed by atoms with Gasteiger partial charge in [0, 0.05) is 5.69 Å². The van der Waals surface area contributed by atoms with Gasteiger partial charge in [0.1, 0.15) is 5.75 Å². The van der Waals surface area contributed by atoms with Gasteiger partial charge in [-0.2, -0.15) is 0 Å². The Morgan fingerprint density at radius 3 is 2.54 bits per heavy atom. The van der Waals surface area contributed by atoms with Crippen LogP contribution in [0.5, 0.6) is 5.75 Å². The number of hydrogen-bond acceptors (Lipinski definition) is 3. The average molecular weight is 343 g/mol. The number of carbonyl (C=O) groups is 1. The number of hydrogen-bond donors (Lipinski definition) is 3. The first-order valence-corrected chi connectivity index (χ1v) is 7.98. The number of hydrazine groups is 1. The lowest BCUT2D eigenvalue weighted by atomic mass is 10.1. The summed E-state index contributed by atoms with van der Waals surface area (Å²) >= 11 is 5.18. The topological polar surface area (TPSA) is 62.4 Å². The summed E-state index contributed by atoms with van der Waals surface area (Å²) in [4.78, 5) is 11.8. The summed E-state index contributed by atoms with van der Waals surface area (Å²) in [7, 11) is 0. The lowest BCUT2D eigenvalue weighted by Gasteiger charge is -2.14. The highest BCUT2D eigenvalue weighted by Gasteiger charge is 2.06. The second kappa shape index (κ2) is 8.31. The molecule has 0 aliphatic heterocycles. The molecule has 0 spiro atoms. The number of carbonyl (C=O) groups excluding carboxylic acids is 1. The molecule has 0 saturated heterocycles. The Morgan fingerprint density at radius 2 is 1.79 bits per heavy atom. The third kappa shape index (κ3) is 5.24. The molecule has 0 bridgehead atoms. The fraction of sp³-hybridized carbons (Fsp3) is 0.222. The second-order valence-corrected chi connectivity index (χ2v) is 5.91. The minimum atomic E-state index is -0.316. The number of ether oxygens (including phenoxy) is 1. The molecule has 0 radical (unpaired) electrons. The van der Waals surface area contributed by atoms with Crippen LogP contribution in [-0.4, -0.2) is 17.6 Å². The highest BCUT2D eigenvalue weighted by atomic mass is 32.1. The van der Waals surface area contributed by atoms with Crippen molar-refractivity contribution in [3.63, 3.8) is 0 Å². The molecule has 0 fully saturated rings. The largest absolute Gasteiger partial charge is 0.483 e. The van der Waals surface area contributed by atoms with E-state index in [0.717, 1.165) is 22.4 Å². The van der Waals surface area contributed by atoms with Gasteiger partial charge < -0.3 is 10.1 Å². The number of benzene rings is 2. The summed E-state index contributed by atoms with van der Waals surface area (Å²) in [6.07, 6.45) is 0. The number of para-hydroxylation sites is 1. The van der Waals surface area contributed by atoms with Crippen LogP contribution in [0, 0.1) is 20.8 Å². The van der Waals surface area contributed by atoms with Crippen LogP contribution < -0.4 is 20.9 Å². The normalized spacial score (nSPS) is 9.96. The zero-order valence-electron chi connectivity index (χ0n) is 14.0. The van der Waals surface area contributed by atoms with Crippen LogP contribution in [0.1, 0.15) is 16.7 Å². The minimum Gasteiger partial charge on any atom is -0.483 e. The van der Waals surface area contributed by atoms with Crippen LogP contribution in [0.3, 0.4) is 0 Å². The van der Waals surface area contributed by atoms with Crippen LogP contribution in [0.25, 0.3) is 0 Å². The van der Waals surface area contributed by atoms with E-state index in [-0.39, 0.29) is 12.5 Å². The Balaban J connectivity index is 1.78. The molecule has 0 aromatic heterocycles. The van der Waals surface area contributed by atoms with Gasteiger partial charge in [0.25, 0.3) is 5.91 Å². The standard InChI is InChI=1S/C18H21N3O2S/c1-12-8-9-13(2)15(10-12)19-18(24)21-20-17(22)11-23-16-7-5-4-6-14(16)3/h4-10H,11H2,1-3H3,(H,20,22)(H2,19,21,24). The molecule has 5 nitrogen and oxygen atoms in total. The summed E-state index contributed by atoms with van der Waals surface area (Å²) in [5.74, 6) is 0.368. The summed E-state index contributed by atoms with van der Waals surface area (Å²) in [6.45, 7) is 5.82. The number of rotatable bonds is 4. The molecular weight excluding hydrogens is 322 g/mol. The van der Waals surface area contributed by atoms with Crippen molar-refractivity contribution in [1.29, 1.82) is 0 Å². The van der Waals surface area contributed by atoms with Crippen LogP contribution in [-0.2, 0) is 4.79 Å². The van der Waals surface area contributed by atoms with Crippen molar-refractivity contribution in [2.75, 3.05) is 11.9 Å². The van der Waals surface area contributed by atoms with Crippen molar-refractivity contribution < 1.29 is 9.53 Å². The summed E-state index contributed by atoms with van der Waals surface area (Å²) in [6, 6.07) is 13.6. The molecule has 2 aromatic carbocycles. The van der Waals surface area contributed by atoms with Crippen molar-refractivity contribution in [2.45, 2.75) is 20.8 Å². The zero-order chi connectivity index (χ0) is 17.5. The predicted octanol–water partition coefficient (Wildman–Crippen LogP) is 3.01. The van der Waals surface area contributed by atoms with Gasteiger partial charge in [-0.3, -0.25) is 15.6 Å². The molecule has 0 aliphatic carbocycles. The molecule has 0 atom stereocenters. The molecule has 6 heteroatoms. The lowest BCUT2D eigenvalue weighted by Crippen LogP contribution is -2.45. The van der Waals surface area contributed by atoms with Crippen LogP contribution in [0.4, 0.5) is 5.69 Å². The van der Waals surface area contributed by atoms with Crippen LogP contribution >= 0.6 is 12.2 Å². The Bertz CT molecular complexity index is 747. The maximum absolute atomic E-state index is 11.8. The first-order valence-electron chi connectivity index (χ1n) is 7.57. The number of nitrogens with one attached hydrogen (secondary N) is 3. The smallest absolute Gasteiger partial charge is 0.276 e. The SMILES string of the molecule is Cc1ccc(C)c(NC(=S)NNC(=O)COc2ccccc2C)c1. The molecule has 126 valence electrons. The molecule has 0 aliphatic rings. The molecule has 1 amide bonds. The summed E-state index contributed by atoms with van der Waals surface area (Å²) < 4.78 is 5.47. The third-order valence-electron chi connectivity index (χ3n) is 3.41. The molecular formula is C18H21N3O2S. The molecule has 3 N–H and O–H groups in total. The highest BCUT2D eigenvalue weighted by molar-refractivity contribution is 7.80. The van der Waals surface area contributed by atoms with Crippen molar-refractivity contribution in [3.8, 4) is 5.75 Å². The third-order valence-corrected chi connectivity index (χ3v) is 3.61. The first kappa shape index (κ1) is 17.7. The quantitative estimate of drug-likeness (QED) is 0.588. The van der Waals surface area contributed by atoms with E-state index in [2.05, 4.69) is 16.2 Å². The predicted molar refractivity (Wildman–Crippen MR) is 100 cm³/mol. The molecule has 24 heavy (non-hydrogen) atoms. The van der Waals surface area contributed by atoms with Gasteiger partial charge in [-0.25, -0.2) is 0 Å². The van der Waals surface area contributed by atoms with Crippen molar-refractivity contribution in [2.24, 2.45) is 0 Å². The summed E-state index contributed by atoms with van der Waals surface area (Å²) in [5, 5.41) is 3.37. The fourth-order valence-corrected chi connectivity index (χ4v) is 2.21. The summed E-state index contributed by atoms with van der Waals surface area (Å²) in [5.41, 5.74) is 9.25. The van der Waals surface area contributed by atoms with Crippen molar-refractivity contribution >= 4 is 28.9 Å². The monoisotopic (exact) mass is 343 g/mol. The maximum atomic E-state index is 11.8. The van der Waals surface area contributed by atoms with Gasteiger partial charge in [-0.05, 0) is 61.8 Å². The van der Waals surface area contributed by atoms with E-state index in [1.165, 1.54) is 0 Å².